The molecule has 0 fully saturated rings. The lowest BCUT2D eigenvalue weighted by atomic mass is 10.1. The van der Waals surface area contributed by atoms with Gasteiger partial charge in [-0.2, -0.15) is 13.2 Å². The minimum Gasteiger partial charge on any atom is -0.345 e. The van der Waals surface area contributed by atoms with Crippen molar-refractivity contribution in [2.75, 3.05) is 11.4 Å². The van der Waals surface area contributed by atoms with Crippen LogP contribution in [0.1, 0.15) is 5.56 Å². The van der Waals surface area contributed by atoms with Gasteiger partial charge in [-0.15, -0.1) is 0 Å². The first kappa shape index (κ1) is 13.3. The van der Waals surface area contributed by atoms with Crippen LogP contribution in [0.25, 0.3) is 0 Å². The number of para-hydroxylation sites is 1. The van der Waals surface area contributed by atoms with E-state index in [0.717, 1.165) is 5.56 Å². The smallest absolute Gasteiger partial charge is 0.345 e. The molecule has 0 saturated heterocycles. The Morgan fingerprint density at radius 2 is 2.16 bits per heavy atom. The molecule has 1 aliphatic heterocycles. The van der Waals surface area contributed by atoms with Gasteiger partial charge in [0, 0.05) is 12.5 Å². The van der Waals surface area contributed by atoms with Crippen molar-refractivity contribution in [3.63, 3.8) is 0 Å². The lowest BCUT2D eigenvalue weighted by Crippen LogP contribution is -2.46. The summed E-state index contributed by atoms with van der Waals surface area (Å²) in [6.45, 7) is -1.35. The number of hydrogen-bond acceptors (Lipinski definition) is 2. The van der Waals surface area contributed by atoms with E-state index in [9.17, 15) is 18.0 Å². The Kier molecular flexibility index (Phi) is 3.38. The standard InChI is InChI=1S/C13H11F3N2O/c1-2-18-10-6-4-3-5-9(10)7-11(18)12(19)17-8-13(14,15)16/h1,3-6,11H,7-8H2,(H,17,19). The summed E-state index contributed by atoms with van der Waals surface area (Å²) in [5.74, 6) is -0.716. The predicted molar refractivity (Wildman–Crippen MR) is 64.3 cm³/mol. The van der Waals surface area contributed by atoms with E-state index in [1.165, 1.54) is 4.90 Å². The van der Waals surface area contributed by atoms with Gasteiger partial charge in [-0.25, -0.2) is 0 Å². The zero-order valence-corrected chi connectivity index (χ0v) is 9.87. The summed E-state index contributed by atoms with van der Waals surface area (Å²) in [5, 5.41) is 1.86. The second-order valence-corrected chi connectivity index (χ2v) is 4.18. The van der Waals surface area contributed by atoms with E-state index in [0.29, 0.717) is 12.1 Å². The second-order valence-electron chi connectivity index (χ2n) is 4.18. The lowest BCUT2D eigenvalue weighted by Gasteiger charge is -2.20. The molecule has 3 nitrogen and oxygen atoms in total. The van der Waals surface area contributed by atoms with Crippen molar-refractivity contribution >= 4 is 11.6 Å². The Labute approximate surface area is 108 Å². The fourth-order valence-corrected chi connectivity index (χ4v) is 2.06. The van der Waals surface area contributed by atoms with Crippen LogP contribution in [0, 0.1) is 12.5 Å². The Morgan fingerprint density at radius 1 is 1.47 bits per heavy atom. The Balaban J connectivity index is 2.11. The van der Waals surface area contributed by atoms with Crippen molar-refractivity contribution in [3.05, 3.63) is 29.8 Å². The Morgan fingerprint density at radius 3 is 2.79 bits per heavy atom. The van der Waals surface area contributed by atoms with E-state index in [1.54, 1.807) is 24.3 Å². The number of fused-ring (bicyclic) bond motifs is 1. The third-order valence-electron chi connectivity index (χ3n) is 2.88. The number of nitrogens with zero attached hydrogens (tertiary/aromatic N) is 1. The van der Waals surface area contributed by atoms with E-state index in [2.05, 4.69) is 6.04 Å². The van der Waals surface area contributed by atoms with E-state index < -0.39 is 24.7 Å². The molecule has 1 amide bonds. The van der Waals surface area contributed by atoms with Crippen LogP contribution in [-0.2, 0) is 11.2 Å². The summed E-state index contributed by atoms with van der Waals surface area (Å²) in [6.07, 6.45) is 1.21. The average Bonchev–Trinajstić information content (AvgIpc) is 2.73. The zero-order chi connectivity index (χ0) is 14.0. The maximum atomic E-state index is 12.1. The topological polar surface area (TPSA) is 32.3 Å². The maximum Gasteiger partial charge on any atom is 0.405 e. The largest absolute Gasteiger partial charge is 0.405 e. The first-order valence-corrected chi connectivity index (χ1v) is 5.60. The number of carbonyl (C=O) groups excluding carboxylic acids is 1. The molecule has 100 valence electrons. The molecule has 1 unspecified atom stereocenters. The summed E-state index contributed by atoms with van der Waals surface area (Å²) >= 11 is 0. The molecule has 6 heteroatoms. The number of carbonyl (C=O) groups is 1. The Hall–Kier alpha value is -2.16. The summed E-state index contributed by atoms with van der Waals surface area (Å²) in [4.78, 5) is 13.1. The minimum absolute atomic E-state index is 0.310. The van der Waals surface area contributed by atoms with Crippen LogP contribution in [0.2, 0.25) is 0 Å². The van der Waals surface area contributed by atoms with Gasteiger partial charge in [0.25, 0.3) is 0 Å². The highest BCUT2D eigenvalue weighted by Gasteiger charge is 2.35. The number of nitrogens with one attached hydrogen (secondary N) is 1. The Bertz CT molecular complexity index is 533. The highest BCUT2D eigenvalue weighted by atomic mass is 19.4. The van der Waals surface area contributed by atoms with Crippen LogP contribution < -0.4 is 10.2 Å². The molecule has 0 aromatic heterocycles. The molecule has 19 heavy (non-hydrogen) atoms. The van der Waals surface area contributed by atoms with E-state index in [-0.39, 0.29) is 0 Å². The van der Waals surface area contributed by atoms with Crippen LogP contribution in [0.5, 0.6) is 0 Å². The summed E-state index contributed by atoms with van der Waals surface area (Å²) in [6, 6.07) is 8.66. The molecule has 0 bridgehead atoms. The fraction of sp³-hybridized carbons (Fsp3) is 0.308. The van der Waals surface area contributed by atoms with Gasteiger partial charge >= 0.3 is 6.18 Å². The lowest BCUT2D eigenvalue weighted by molar-refractivity contribution is -0.139. The molecule has 2 rings (SSSR count). The highest BCUT2D eigenvalue weighted by molar-refractivity contribution is 5.89. The van der Waals surface area contributed by atoms with Crippen LogP contribution in [-0.4, -0.2) is 24.7 Å². The van der Waals surface area contributed by atoms with Crippen LogP contribution in [0.3, 0.4) is 0 Å². The van der Waals surface area contributed by atoms with E-state index in [1.807, 2.05) is 5.32 Å². The molecule has 1 N–H and O–H groups in total. The predicted octanol–water partition coefficient (Wildman–Crippen LogP) is 1.69. The number of halogens is 3. The van der Waals surface area contributed by atoms with E-state index in [4.69, 9.17) is 6.42 Å². The molecule has 1 atom stereocenters. The molecule has 0 radical (unpaired) electrons. The van der Waals surface area contributed by atoms with Crippen LogP contribution >= 0.6 is 0 Å². The van der Waals surface area contributed by atoms with Crippen molar-refractivity contribution in [2.24, 2.45) is 0 Å². The fourth-order valence-electron chi connectivity index (χ4n) is 2.06. The number of terminal acetylenes is 1. The number of amides is 1. The maximum absolute atomic E-state index is 12.1. The number of hydrogen-bond donors (Lipinski definition) is 1. The van der Waals surface area contributed by atoms with Crippen molar-refractivity contribution < 1.29 is 18.0 Å². The van der Waals surface area contributed by atoms with Gasteiger partial charge in [0.2, 0.25) is 5.91 Å². The molecule has 1 aromatic rings. The van der Waals surface area contributed by atoms with Gasteiger partial charge in [-0.05, 0) is 11.6 Å². The average molecular weight is 268 g/mol. The molecule has 0 spiro atoms. The first-order valence-electron chi connectivity index (χ1n) is 5.60. The van der Waals surface area contributed by atoms with Gasteiger partial charge in [0.05, 0.1) is 5.69 Å². The number of benzene rings is 1. The first-order chi connectivity index (χ1) is 8.92. The number of anilines is 1. The third-order valence-corrected chi connectivity index (χ3v) is 2.88. The summed E-state index contributed by atoms with van der Waals surface area (Å²) < 4.78 is 36.2. The molecule has 0 saturated carbocycles. The van der Waals surface area contributed by atoms with Gasteiger partial charge in [-0.3, -0.25) is 9.69 Å². The van der Waals surface area contributed by atoms with Gasteiger partial charge in [0.15, 0.2) is 0 Å². The van der Waals surface area contributed by atoms with Crippen molar-refractivity contribution in [1.29, 1.82) is 0 Å². The molecule has 0 aliphatic carbocycles. The highest BCUT2D eigenvalue weighted by Crippen LogP contribution is 2.31. The number of rotatable bonds is 2. The molecular formula is C13H11F3N2O. The quantitative estimate of drug-likeness (QED) is 0.828. The van der Waals surface area contributed by atoms with Gasteiger partial charge < -0.3 is 5.32 Å². The summed E-state index contributed by atoms with van der Waals surface area (Å²) in [5.41, 5.74) is 1.55. The SMILES string of the molecule is C#CN1c2ccccc2CC1C(=O)NCC(F)(F)F. The van der Waals surface area contributed by atoms with Gasteiger partial charge in [0.1, 0.15) is 12.6 Å². The van der Waals surface area contributed by atoms with Crippen LogP contribution in [0.15, 0.2) is 24.3 Å². The number of alkyl halides is 3. The third kappa shape index (κ3) is 2.81. The minimum atomic E-state index is -4.43. The van der Waals surface area contributed by atoms with Crippen molar-refractivity contribution in [3.8, 4) is 12.5 Å². The molecule has 1 aliphatic rings. The normalized spacial score (nSPS) is 17.8. The molecule has 1 aromatic carbocycles. The second kappa shape index (κ2) is 4.84. The van der Waals surface area contributed by atoms with Crippen molar-refractivity contribution in [1.82, 2.24) is 5.32 Å². The van der Waals surface area contributed by atoms with Crippen molar-refractivity contribution in [2.45, 2.75) is 18.6 Å². The summed E-state index contributed by atoms with van der Waals surface area (Å²) in [7, 11) is 0. The molecular weight excluding hydrogens is 257 g/mol. The van der Waals surface area contributed by atoms with E-state index >= 15 is 0 Å². The monoisotopic (exact) mass is 268 g/mol. The zero-order valence-electron chi connectivity index (χ0n) is 9.87. The molecule has 1 heterocycles. The van der Waals surface area contributed by atoms with Crippen LogP contribution in [0.4, 0.5) is 18.9 Å². The van der Waals surface area contributed by atoms with Gasteiger partial charge in [-0.1, -0.05) is 24.6 Å².